The minimum Gasteiger partial charge on any atom is -0.368 e. The molecule has 0 atom stereocenters. The molecule has 2 aliphatic rings. The Hall–Kier alpha value is -1.20. The molecule has 7 heteroatoms. The van der Waals surface area contributed by atoms with Crippen LogP contribution in [0.25, 0.3) is 0 Å². The number of ketones is 1. The Kier molecular flexibility index (Phi) is 6.75. The third kappa shape index (κ3) is 4.61. The predicted octanol–water partition coefficient (Wildman–Crippen LogP) is 5.57. The van der Waals surface area contributed by atoms with Crippen LogP contribution in [-0.2, 0) is 13.0 Å². The van der Waals surface area contributed by atoms with E-state index < -0.39 is 0 Å². The summed E-state index contributed by atoms with van der Waals surface area (Å²) in [6, 6.07) is 5.77. The molecule has 0 spiro atoms. The number of fused-ring (bicyclic) bond motifs is 1. The summed E-state index contributed by atoms with van der Waals surface area (Å²) >= 11 is 18.6. The van der Waals surface area contributed by atoms with Gasteiger partial charge in [-0.3, -0.25) is 9.69 Å². The third-order valence-corrected chi connectivity index (χ3v) is 7.33. The van der Waals surface area contributed by atoms with Crippen LogP contribution in [-0.4, -0.2) is 48.0 Å². The molecule has 0 amide bonds. The minimum atomic E-state index is 0.310. The lowest BCUT2D eigenvalue weighted by atomic mass is 9.97. The van der Waals surface area contributed by atoms with Gasteiger partial charge in [-0.15, -0.1) is 0 Å². The highest BCUT2D eigenvalue weighted by molar-refractivity contribution is 6.49. The Morgan fingerprint density at radius 2 is 1.62 bits per heavy atom. The van der Waals surface area contributed by atoms with E-state index >= 15 is 0 Å². The van der Waals surface area contributed by atoms with Gasteiger partial charge in [-0.1, -0.05) is 34.8 Å². The maximum Gasteiger partial charge on any atom is 0.164 e. The van der Waals surface area contributed by atoms with E-state index in [4.69, 9.17) is 34.8 Å². The summed E-state index contributed by atoms with van der Waals surface area (Å²) in [7, 11) is 0. The van der Waals surface area contributed by atoms with E-state index in [1.54, 1.807) is 0 Å². The third-order valence-electron chi connectivity index (χ3n) is 6.05. The van der Waals surface area contributed by atoms with E-state index in [9.17, 15) is 4.79 Å². The van der Waals surface area contributed by atoms with Crippen LogP contribution in [0.4, 0.5) is 5.69 Å². The summed E-state index contributed by atoms with van der Waals surface area (Å²) in [5.74, 6) is 0.310. The van der Waals surface area contributed by atoms with Crippen molar-refractivity contribution in [1.82, 2.24) is 9.47 Å². The number of halogens is 3. The van der Waals surface area contributed by atoms with Crippen molar-refractivity contribution < 1.29 is 4.79 Å². The van der Waals surface area contributed by atoms with Crippen molar-refractivity contribution in [1.29, 1.82) is 0 Å². The van der Waals surface area contributed by atoms with Crippen molar-refractivity contribution in [3.05, 3.63) is 50.7 Å². The van der Waals surface area contributed by atoms with Gasteiger partial charge in [0.05, 0.1) is 20.8 Å². The molecule has 1 aliphatic carbocycles. The molecule has 4 rings (SSSR count). The fraction of sp³-hybridized carbons (Fsp3) is 0.500. The molecule has 2 heterocycles. The number of hydrogen-bond acceptors (Lipinski definition) is 3. The first-order valence-electron chi connectivity index (χ1n) is 10.4. The lowest BCUT2D eigenvalue weighted by molar-refractivity contribution is 0.0971. The average molecular weight is 455 g/mol. The number of aryl methyl sites for hydroxylation is 1. The Morgan fingerprint density at radius 3 is 2.41 bits per heavy atom. The Bertz CT molecular complexity index is 888. The van der Waals surface area contributed by atoms with Gasteiger partial charge in [0, 0.05) is 56.6 Å². The minimum absolute atomic E-state index is 0.310. The number of nitrogens with zero attached hydrogens (tertiary/aromatic N) is 3. The highest BCUT2D eigenvalue weighted by atomic mass is 35.5. The molecule has 1 aliphatic heterocycles. The molecule has 1 saturated heterocycles. The van der Waals surface area contributed by atoms with E-state index in [2.05, 4.69) is 20.6 Å². The van der Waals surface area contributed by atoms with Crippen molar-refractivity contribution in [3.8, 4) is 0 Å². The van der Waals surface area contributed by atoms with Gasteiger partial charge in [0.15, 0.2) is 5.78 Å². The van der Waals surface area contributed by atoms with Crippen molar-refractivity contribution >= 4 is 46.3 Å². The summed E-state index contributed by atoms with van der Waals surface area (Å²) < 4.78 is 2.29. The smallest absolute Gasteiger partial charge is 0.164 e. The maximum absolute atomic E-state index is 12.0. The van der Waals surface area contributed by atoms with E-state index in [0.29, 0.717) is 27.3 Å². The fourth-order valence-electron chi connectivity index (χ4n) is 4.39. The number of carbonyl (C=O) groups excluding carboxylic acids is 1. The van der Waals surface area contributed by atoms with Crippen molar-refractivity contribution in [2.75, 3.05) is 37.6 Å². The van der Waals surface area contributed by atoms with Crippen LogP contribution in [0.2, 0.25) is 15.1 Å². The first-order valence-corrected chi connectivity index (χ1v) is 11.5. The summed E-state index contributed by atoms with van der Waals surface area (Å²) in [6.07, 6.45) is 7.11. The number of rotatable bonds is 6. The SMILES string of the molecule is O=C1CCCc2c1ccn2CCCCN1CCN(c2ccc(Cl)c(Cl)c2Cl)CC1. The molecular formula is C22H26Cl3N3O. The van der Waals surface area contributed by atoms with Crippen LogP contribution in [0.5, 0.6) is 0 Å². The van der Waals surface area contributed by atoms with E-state index in [-0.39, 0.29) is 0 Å². The second-order valence-corrected chi connectivity index (χ2v) is 9.04. The number of benzene rings is 1. The van der Waals surface area contributed by atoms with Crippen LogP contribution in [0.1, 0.15) is 41.7 Å². The number of piperazine rings is 1. The molecule has 2 aromatic rings. The zero-order valence-corrected chi connectivity index (χ0v) is 18.7. The monoisotopic (exact) mass is 453 g/mol. The van der Waals surface area contributed by atoms with Gasteiger partial charge in [-0.05, 0) is 50.4 Å². The molecule has 0 saturated carbocycles. The molecule has 1 aromatic heterocycles. The fourth-order valence-corrected chi connectivity index (χ4v) is 5.04. The highest BCUT2D eigenvalue weighted by Crippen LogP contribution is 2.37. The van der Waals surface area contributed by atoms with Crippen molar-refractivity contribution in [3.63, 3.8) is 0 Å². The van der Waals surface area contributed by atoms with Gasteiger partial charge in [-0.2, -0.15) is 0 Å². The predicted molar refractivity (Wildman–Crippen MR) is 121 cm³/mol. The number of unbranched alkanes of at least 4 members (excludes halogenated alkanes) is 1. The van der Waals surface area contributed by atoms with Gasteiger partial charge in [0.2, 0.25) is 0 Å². The van der Waals surface area contributed by atoms with Crippen LogP contribution < -0.4 is 4.90 Å². The van der Waals surface area contributed by atoms with Crippen LogP contribution >= 0.6 is 34.8 Å². The van der Waals surface area contributed by atoms with Crippen LogP contribution in [0, 0.1) is 0 Å². The van der Waals surface area contributed by atoms with Crippen molar-refractivity contribution in [2.45, 2.75) is 38.6 Å². The standard InChI is InChI=1S/C22H26Cl3N3O/c23-17-6-7-19(22(25)21(17)24)28-14-12-26(13-15-28)9-1-2-10-27-11-8-16-18(27)4-3-5-20(16)29/h6-8,11H,1-5,9-10,12-15H2. The quantitative estimate of drug-likeness (QED) is 0.422. The van der Waals surface area contributed by atoms with E-state index in [0.717, 1.165) is 76.2 Å². The number of anilines is 1. The largest absolute Gasteiger partial charge is 0.368 e. The number of carbonyl (C=O) groups is 1. The topological polar surface area (TPSA) is 28.5 Å². The second-order valence-electron chi connectivity index (χ2n) is 7.88. The summed E-state index contributed by atoms with van der Waals surface area (Å²) in [4.78, 5) is 16.8. The first-order chi connectivity index (χ1) is 14.0. The second kappa shape index (κ2) is 9.30. The van der Waals surface area contributed by atoms with Crippen molar-refractivity contribution in [2.24, 2.45) is 0 Å². The van der Waals surface area contributed by atoms with E-state index in [1.807, 2.05) is 18.2 Å². The van der Waals surface area contributed by atoms with Gasteiger partial charge >= 0.3 is 0 Å². The van der Waals surface area contributed by atoms with Gasteiger partial charge < -0.3 is 9.47 Å². The lowest BCUT2D eigenvalue weighted by Crippen LogP contribution is -2.46. The molecule has 0 unspecified atom stereocenters. The zero-order chi connectivity index (χ0) is 20.4. The Balaban J connectivity index is 1.22. The maximum atomic E-state index is 12.0. The highest BCUT2D eigenvalue weighted by Gasteiger charge is 2.22. The molecule has 1 aromatic carbocycles. The zero-order valence-electron chi connectivity index (χ0n) is 16.5. The summed E-state index contributed by atoms with van der Waals surface area (Å²) in [6.45, 7) is 6.01. The first kappa shape index (κ1) is 21.0. The molecule has 29 heavy (non-hydrogen) atoms. The van der Waals surface area contributed by atoms with Crippen LogP contribution in [0.3, 0.4) is 0 Å². The number of aromatic nitrogens is 1. The summed E-state index contributed by atoms with van der Waals surface area (Å²) in [5.41, 5.74) is 3.16. The van der Waals surface area contributed by atoms with Gasteiger partial charge in [0.1, 0.15) is 0 Å². The van der Waals surface area contributed by atoms with Gasteiger partial charge in [0.25, 0.3) is 0 Å². The summed E-state index contributed by atoms with van der Waals surface area (Å²) in [5, 5.41) is 1.47. The molecule has 0 bridgehead atoms. The molecule has 156 valence electrons. The normalized spacial score (nSPS) is 17.6. The average Bonchev–Trinajstić information content (AvgIpc) is 3.15. The lowest BCUT2D eigenvalue weighted by Gasteiger charge is -2.36. The Morgan fingerprint density at radius 1 is 0.862 bits per heavy atom. The van der Waals surface area contributed by atoms with E-state index in [1.165, 1.54) is 5.69 Å². The molecule has 0 N–H and O–H groups in total. The molecule has 0 radical (unpaired) electrons. The number of Topliss-reactive ketones (excluding diaryl/α,β-unsaturated/α-hetero) is 1. The Labute approximate surface area is 187 Å². The number of hydrogen-bond donors (Lipinski definition) is 0. The molecule has 4 nitrogen and oxygen atoms in total. The van der Waals surface area contributed by atoms with Crippen LogP contribution in [0.15, 0.2) is 24.4 Å². The van der Waals surface area contributed by atoms with Gasteiger partial charge in [-0.25, -0.2) is 0 Å². The molecule has 1 fully saturated rings. The molecular weight excluding hydrogens is 429 g/mol.